The zero-order valence-corrected chi connectivity index (χ0v) is 15.6. The van der Waals surface area contributed by atoms with Crippen LogP contribution >= 0.6 is 12.2 Å². The average Bonchev–Trinajstić information content (AvgIpc) is 3.17. The topological polar surface area (TPSA) is 102 Å². The highest BCUT2D eigenvalue weighted by Crippen LogP contribution is 2.24. The molecule has 28 heavy (non-hydrogen) atoms. The fourth-order valence-electron chi connectivity index (χ4n) is 2.38. The molecule has 9 heteroatoms. The minimum atomic E-state index is -0.447. The highest BCUT2D eigenvalue weighted by atomic mass is 32.1. The number of hydrazone groups is 1. The molecule has 2 N–H and O–H groups in total. The summed E-state index contributed by atoms with van der Waals surface area (Å²) < 4.78 is 10.9. The van der Waals surface area contributed by atoms with Crippen LogP contribution in [0.5, 0.6) is 5.75 Å². The Kier molecular flexibility index (Phi) is 5.97. The number of nitro benzene ring substituents is 1. The lowest BCUT2D eigenvalue weighted by Crippen LogP contribution is -2.24. The number of nitrogens with one attached hydrogen (secondary N) is 2. The van der Waals surface area contributed by atoms with Gasteiger partial charge in [0.1, 0.15) is 17.3 Å². The Labute approximate surface area is 166 Å². The van der Waals surface area contributed by atoms with E-state index >= 15 is 0 Å². The zero-order chi connectivity index (χ0) is 19.9. The number of anilines is 1. The molecule has 0 aliphatic heterocycles. The van der Waals surface area contributed by atoms with Crippen LogP contribution in [0.3, 0.4) is 0 Å². The monoisotopic (exact) mass is 396 g/mol. The van der Waals surface area contributed by atoms with Gasteiger partial charge in [-0.2, -0.15) is 5.10 Å². The Balaban J connectivity index is 1.59. The maximum Gasteiger partial charge on any atom is 0.269 e. The fourth-order valence-corrected chi connectivity index (χ4v) is 2.54. The van der Waals surface area contributed by atoms with Crippen molar-refractivity contribution in [2.24, 2.45) is 5.10 Å². The molecule has 0 saturated heterocycles. The van der Waals surface area contributed by atoms with Crippen LogP contribution in [0, 0.1) is 10.1 Å². The lowest BCUT2D eigenvalue weighted by molar-refractivity contribution is -0.384. The van der Waals surface area contributed by atoms with Gasteiger partial charge in [0.25, 0.3) is 5.69 Å². The number of rotatable bonds is 6. The SMILES string of the molecule is COc1ccccc1NC(=S)NN=Cc1ccc(-c2ccc([N+](=O)[O-])cc2)o1. The van der Waals surface area contributed by atoms with Crippen molar-refractivity contribution >= 4 is 34.9 Å². The number of nitro groups is 1. The number of methoxy groups -OCH3 is 1. The molecule has 3 rings (SSSR count). The Morgan fingerprint density at radius 1 is 1.18 bits per heavy atom. The first-order valence-corrected chi connectivity index (χ1v) is 8.55. The number of para-hydroxylation sites is 2. The van der Waals surface area contributed by atoms with E-state index in [-0.39, 0.29) is 5.69 Å². The largest absolute Gasteiger partial charge is 0.495 e. The van der Waals surface area contributed by atoms with Crippen LogP contribution in [-0.2, 0) is 0 Å². The quantitative estimate of drug-likeness (QED) is 0.279. The van der Waals surface area contributed by atoms with E-state index in [1.807, 2.05) is 24.3 Å². The van der Waals surface area contributed by atoms with Gasteiger partial charge < -0.3 is 14.5 Å². The summed E-state index contributed by atoms with van der Waals surface area (Å²) in [5.74, 6) is 1.74. The van der Waals surface area contributed by atoms with Crippen molar-refractivity contribution < 1.29 is 14.1 Å². The molecule has 0 fully saturated rings. The molecule has 0 aliphatic carbocycles. The molecule has 2 aromatic carbocycles. The van der Waals surface area contributed by atoms with Gasteiger partial charge in [0, 0.05) is 17.7 Å². The lowest BCUT2D eigenvalue weighted by Gasteiger charge is -2.10. The van der Waals surface area contributed by atoms with Crippen LogP contribution in [0.2, 0.25) is 0 Å². The molecular formula is C19H16N4O4S. The van der Waals surface area contributed by atoms with Gasteiger partial charge in [-0.3, -0.25) is 15.5 Å². The number of benzene rings is 2. The molecule has 0 unspecified atom stereocenters. The Bertz CT molecular complexity index is 1010. The number of nitrogens with zero attached hydrogens (tertiary/aromatic N) is 2. The van der Waals surface area contributed by atoms with Gasteiger partial charge in [0.05, 0.1) is 23.9 Å². The summed E-state index contributed by atoms with van der Waals surface area (Å²) in [6.45, 7) is 0. The number of furan rings is 1. The minimum Gasteiger partial charge on any atom is -0.495 e. The van der Waals surface area contributed by atoms with Crippen LogP contribution in [-0.4, -0.2) is 23.4 Å². The van der Waals surface area contributed by atoms with Crippen LogP contribution in [0.15, 0.2) is 70.2 Å². The molecule has 8 nitrogen and oxygen atoms in total. The summed E-state index contributed by atoms with van der Waals surface area (Å²) in [5.41, 5.74) is 4.17. The van der Waals surface area contributed by atoms with Gasteiger partial charge >= 0.3 is 0 Å². The Morgan fingerprint density at radius 2 is 1.93 bits per heavy atom. The standard InChI is InChI=1S/C19H16N4O4S/c1-26-18-5-3-2-4-16(18)21-19(28)22-20-12-15-10-11-17(27-15)13-6-8-14(9-7-13)23(24)25/h2-12H,1H3,(H2,21,22,28). The summed E-state index contributed by atoms with van der Waals surface area (Å²) in [7, 11) is 1.58. The number of non-ortho nitro benzene ring substituents is 1. The maximum atomic E-state index is 10.7. The third-order valence-electron chi connectivity index (χ3n) is 3.70. The van der Waals surface area contributed by atoms with Gasteiger partial charge in [-0.1, -0.05) is 12.1 Å². The normalized spacial score (nSPS) is 10.6. The van der Waals surface area contributed by atoms with E-state index < -0.39 is 4.92 Å². The molecule has 0 spiro atoms. The second-order valence-electron chi connectivity index (χ2n) is 5.53. The summed E-state index contributed by atoms with van der Waals surface area (Å²) >= 11 is 5.20. The predicted octanol–water partition coefficient (Wildman–Crippen LogP) is 4.18. The van der Waals surface area contributed by atoms with Crippen LogP contribution in [0.4, 0.5) is 11.4 Å². The molecule has 0 radical (unpaired) electrons. The van der Waals surface area contributed by atoms with Gasteiger partial charge in [-0.15, -0.1) is 0 Å². The van der Waals surface area contributed by atoms with Gasteiger partial charge in [-0.25, -0.2) is 0 Å². The van der Waals surface area contributed by atoms with E-state index in [1.54, 1.807) is 31.4 Å². The van der Waals surface area contributed by atoms with E-state index in [9.17, 15) is 10.1 Å². The van der Waals surface area contributed by atoms with Crippen LogP contribution in [0.1, 0.15) is 5.76 Å². The number of ether oxygens (including phenoxy) is 1. The van der Waals surface area contributed by atoms with Crippen LogP contribution in [0.25, 0.3) is 11.3 Å². The van der Waals surface area contributed by atoms with E-state index in [0.717, 1.165) is 11.3 Å². The molecule has 1 aromatic heterocycles. The minimum absolute atomic E-state index is 0.0253. The molecule has 0 amide bonds. The second kappa shape index (κ2) is 8.78. The Hall–Kier alpha value is -3.72. The molecule has 0 atom stereocenters. The van der Waals surface area contributed by atoms with Crippen molar-refractivity contribution in [1.82, 2.24) is 5.43 Å². The summed E-state index contributed by atoms with van der Waals surface area (Å²) in [4.78, 5) is 10.3. The second-order valence-corrected chi connectivity index (χ2v) is 5.94. The van der Waals surface area contributed by atoms with Crippen molar-refractivity contribution in [3.63, 3.8) is 0 Å². The number of thiocarbonyl (C=S) groups is 1. The fraction of sp³-hybridized carbons (Fsp3) is 0.0526. The van der Waals surface area contributed by atoms with Gasteiger partial charge in [0.2, 0.25) is 0 Å². The van der Waals surface area contributed by atoms with Crippen molar-refractivity contribution in [2.75, 3.05) is 12.4 Å². The Morgan fingerprint density at radius 3 is 2.64 bits per heavy atom. The van der Waals surface area contributed by atoms with E-state index in [2.05, 4.69) is 15.8 Å². The lowest BCUT2D eigenvalue weighted by atomic mass is 10.1. The molecule has 1 heterocycles. The highest BCUT2D eigenvalue weighted by Gasteiger charge is 2.08. The summed E-state index contributed by atoms with van der Waals surface area (Å²) in [5, 5.41) is 18.0. The summed E-state index contributed by atoms with van der Waals surface area (Å²) in [6.07, 6.45) is 1.48. The predicted molar refractivity (Wildman–Crippen MR) is 111 cm³/mol. The van der Waals surface area contributed by atoms with Crippen molar-refractivity contribution in [2.45, 2.75) is 0 Å². The van der Waals surface area contributed by atoms with Crippen molar-refractivity contribution in [1.29, 1.82) is 0 Å². The van der Waals surface area contributed by atoms with Crippen molar-refractivity contribution in [3.05, 3.63) is 76.5 Å². The third kappa shape index (κ3) is 4.71. The van der Waals surface area contributed by atoms with E-state index in [1.165, 1.54) is 18.3 Å². The highest BCUT2D eigenvalue weighted by molar-refractivity contribution is 7.80. The van der Waals surface area contributed by atoms with Crippen molar-refractivity contribution in [3.8, 4) is 17.1 Å². The first-order chi connectivity index (χ1) is 13.6. The smallest absolute Gasteiger partial charge is 0.269 e. The first-order valence-electron chi connectivity index (χ1n) is 8.14. The molecule has 0 saturated carbocycles. The first kappa shape index (κ1) is 19.1. The molecule has 3 aromatic rings. The number of hydrogen-bond acceptors (Lipinski definition) is 6. The number of hydrogen-bond donors (Lipinski definition) is 2. The molecule has 142 valence electrons. The van der Waals surface area contributed by atoms with E-state index in [4.69, 9.17) is 21.4 Å². The molecule has 0 bridgehead atoms. The average molecular weight is 396 g/mol. The summed E-state index contributed by atoms with van der Waals surface area (Å²) in [6, 6.07) is 17.0. The zero-order valence-electron chi connectivity index (χ0n) is 14.8. The van der Waals surface area contributed by atoms with E-state index in [0.29, 0.717) is 22.4 Å². The molecular weight excluding hydrogens is 380 g/mol. The van der Waals surface area contributed by atoms with Crippen LogP contribution < -0.4 is 15.5 Å². The van der Waals surface area contributed by atoms with Gasteiger partial charge in [0.15, 0.2) is 5.11 Å². The van der Waals surface area contributed by atoms with Gasteiger partial charge in [-0.05, 0) is 48.6 Å². The molecule has 0 aliphatic rings. The maximum absolute atomic E-state index is 10.7. The third-order valence-corrected chi connectivity index (χ3v) is 3.90.